The van der Waals surface area contributed by atoms with Gasteiger partial charge in [0.1, 0.15) is 11.3 Å². The van der Waals surface area contributed by atoms with E-state index in [1.54, 1.807) is 26.0 Å². The Balaban J connectivity index is 1.31. The number of likely N-dealkylation sites (tertiary alicyclic amines) is 1. The summed E-state index contributed by atoms with van der Waals surface area (Å²) in [7, 11) is 0. The topological polar surface area (TPSA) is 71.8 Å². The van der Waals surface area contributed by atoms with Gasteiger partial charge in [0, 0.05) is 42.7 Å². The normalized spacial score (nSPS) is 16.1. The first-order chi connectivity index (χ1) is 15.4. The van der Waals surface area contributed by atoms with Crippen LogP contribution in [0.25, 0.3) is 11.0 Å². The summed E-state index contributed by atoms with van der Waals surface area (Å²) < 4.78 is 11.2. The van der Waals surface area contributed by atoms with Gasteiger partial charge < -0.3 is 14.5 Å². The summed E-state index contributed by atoms with van der Waals surface area (Å²) in [5.74, 6) is 0.373. The van der Waals surface area contributed by atoms with Crippen molar-refractivity contribution in [2.24, 2.45) is 0 Å². The molecule has 1 aliphatic heterocycles. The summed E-state index contributed by atoms with van der Waals surface area (Å²) in [6.07, 6.45) is 1.20. The first kappa shape index (κ1) is 22.1. The Morgan fingerprint density at radius 1 is 1.12 bits per heavy atom. The smallest absolute Gasteiger partial charge is 0.339 e. The number of hydrogen-bond donors (Lipinski definition) is 1. The molecule has 3 aromatic rings. The van der Waals surface area contributed by atoms with Gasteiger partial charge in [-0.15, -0.1) is 0 Å². The molecule has 1 atom stereocenters. The predicted molar refractivity (Wildman–Crippen MR) is 125 cm³/mol. The third-order valence-electron chi connectivity index (χ3n) is 6.29. The Hall–Kier alpha value is -3.12. The van der Waals surface area contributed by atoms with Crippen LogP contribution in [0.5, 0.6) is 5.75 Å². The van der Waals surface area contributed by atoms with Crippen LogP contribution >= 0.6 is 0 Å². The minimum Gasteiger partial charge on any atom is -0.481 e. The van der Waals surface area contributed by atoms with Crippen molar-refractivity contribution in [3.05, 3.63) is 75.6 Å². The molecular formula is C26H30N2O4. The second kappa shape index (κ2) is 9.57. The van der Waals surface area contributed by atoms with Gasteiger partial charge in [0.05, 0.1) is 0 Å². The van der Waals surface area contributed by atoms with Crippen molar-refractivity contribution in [1.29, 1.82) is 0 Å². The van der Waals surface area contributed by atoms with Crippen molar-refractivity contribution in [1.82, 2.24) is 10.2 Å². The highest BCUT2D eigenvalue weighted by atomic mass is 16.5. The molecule has 1 N–H and O–H groups in total. The fourth-order valence-electron chi connectivity index (χ4n) is 4.15. The first-order valence-corrected chi connectivity index (χ1v) is 11.2. The van der Waals surface area contributed by atoms with Crippen molar-refractivity contribution in [2.45, 2.75) is 52.3 Å². The van der Waals surface area contributed by atoms with Gasteiger partial charge in [-0.25, -0.2) is 4.79 Å². The highest BCUT2D eigenvalue weighted by Gasteiger charge is 2.24. The zero-order valence-corrected chi connectivity index (χ0v) is 18.9. The first-order valence-electron chi connectivity index (χ1n) is 11.2. The van der Waals surface area contributed by atoms with Crippen molar-refractivity contribution in [3.8, 4) is 5.75 Å². The number of piperidine rings is 1. The molecule has 1 aromatic heterocycles. The number of rotatable bonds is 6. The van der Waals surface area contributed by atoms with E-state index in [0.29, 0.717) is 16.9 Å². The largest absolute Gasteiger partial charge is 0.481 e. The second-order valence-corrected chi connectivity index (χ2v) is 8.60. The van der Waals surface area contributed by atoms with Gasteiger partial charge in [0.25, 0.3) is 5.91 Å². The number of fused-ring (bicyclic) bond motifs is 1. The minimum atomic E-state index is -0.645. The van der Waals surface area contributed by atoms with E-state index in [-0.39, 0.29) is 17.6 Å². The third-order valence-corrected chi connectivity index (χ3v) is 6.29. The number of aryl methyl sites for hydroxylation is 1. The van der Waals surface area contributed by atoms with E-state index < -0.39 is 6.10 Å². The molecule has 1 saturated heterocycles. The molecule has 168 valence electrons. The number of nitrogens with one attached hydrogen (secondary N) is 1. The highest BCUT2D eigenvalue weighted by Crippen LogP contribution is 2.24. The molecule has 32 heavy (non-hydrogen) atoms. The number of carbonyl (C=O) groups is 1. The number of nitrogens with zero attached hydrogens (tertiary/aromatic N) is 1. The summed E-state index contributed by atoms with van der Waals surface area (Å²) in [4.78, 5) is 27.1. The van der Waals surface area contributed by atoms with Crippen LogP contribution in [0, 0.1) is 13.8 Å². The lowest BCUT2D eigenvalue weighted by atomic mass is 10.0. The van der Waals surface area contributed by atoms with Crippen LogP contribution < -0.4 is 15.7 Å². The number of amides is 1. The van der Waals surface area contributed by atoms with Gasteiger partial charge in [-0.3, -0.25) is 9.69 Å². The van der Waals surface area contributed by atoms with Gasteiger partial charge in [-0.2, -0.15) is 0 Å². The lowest BCUT2D eigenvalue weighted by molar-refractivity contribution is -0.128. The molecule has 2 heterocycles. The number of benzene rings is 2. The van der Waals surface area contributed by atoms with Crippen LogP contribution in [-0.2, 0) is 11.3 Å². The van der Waals surface area contributed by atoms with Gasteiger partial charge in [0.15, 0.2) is 6.10 Å². The molecule has 6 heteroatoms. The third kappa shape index (κ3) is 5.02. The maximum Gasteiger partial charge on any atom is 0.339 e. The summed E-state index contributed by atoms with van der Waals surface area (Å²) in [5.41, 5.74) is 2.93. The van der Waals surface area contributed by atoms with Gasteiger partial charge in [-0.1, -0.05) is 30.3 Å². The van der Waals surface area contributed by atoms with Gasteiger partial charge in [0.2, 0.25) is 0 Å². The molecule has 1 fully saturated rings. The lowest BCUT2D eigenvalue weighted by Gasteiger charge is -2.32. The molecule has 0 spiro atoms. The average molecular weight is 435 g/mol. The molecule has 6 nitrogen and oxygen atoms in total. The Bertz CT molecular complexity index is 1150. The van der Waals surface area contributed by atoms with Crippen LogP contribution in [0.4, 0.5) is 0 Å². The summed E-state index contributed by atoms with van der Waals surface area (Å²) in [6.45, 7) is 8.24. The van der Waals surface area contributed by atoms with Gasteiger partial charge in [-0.05, 0) is 56.9 Å². The van der Waals surface area contributed by atoms with Crippen LogP contribution in [0.15, 0.2) is 57.7 Å². The number of hydrogen-bond acceptors (Lipinski definition) is 5. The van der Waals surface area contributed by atoms with Crippen LogP contribution in [-0.4, -0.2) is 36.0 Å². The summed E-state index contributed by atoms with van der Waals surface area (Å²) >= 11 is 0. The minimum absolute atomic E-state index is 0.131. The predicted octanol–water partition coefficient (Wildman–Crippen LogP) is 3.96. The molecule has 0 bridgehead atoms. The molecule has 0 aliphatic carbocycles. The molecule has 4 rings (SSSR count). The molecule has 2 aromatic carbocycles. The van der Waals surface area contributed by atoms with E-state index in [9.17, 15) is 9.59 Å². The summed E-state index contributed by atoms with van der Waals surface area (Å²) in [5, 5.41) is 3.99. The van der Waals surface area contributed by atoms with Gasteiger partial charge >= 0.3 is 5.63 Å². The highest BCUT2D eigenvalue weighted by molar-refractivity contribution is 5.83. The zero-order chi connectivity index (χ0) is 22.7. The Morgan fingerprint density at radius 3 is 2.56 bits per heavy atom. The SMILES string of the molecule is Cc1c(C)c2ccc(O[C@H](C)C(=O)NC3CCN(Cc4ccccc4)CC3)cc2oc1=O. The Morgan fingerprint density at radius 2 is 1.84 bits per heavy atom. The number of ether oxygens (including phenoxy) is 1. The fourth-order valence-corrected chi connectivity index (χ4v) is 4.15. The Labute approximate surface area is 188 Å². The maximum absolute atomic E-state index is 12.7. The standard InChI is InChI=1S/C26H30N2O4/c1-17-18(2)26(30)32-24-15-22(9-10-23(17)24)31-19(3)25(29)27-21-11-13-28(14-12-21)16-20-7-5-4-6-8-20/h4-10,15,19,21H,11-14,16H2,1-3H3,(H,27,29)/t19-/m1/s1. The van der Waals surface area contributed by atoms with E-state index in [1.807, 2.05) is 19.1 Å². The number of carbonyl (C=O) groups excluding carboxylic acids is 1. The van der Waals surface area contributed by atoms with Crippen LogP contribution in [0.2, 0.25) is 0 Å². The lowest BCUT2D eigenvalue weighted by Crippen LogP contribution is -2.47. The van der Waals surface area contributed by atoms with Crippen molar-refractivity contribution >= 4 is 16.9 Å². The van der Waals surface area contributed by atoms with E-state index in [0.717, 1.165) is 43.4 Å². The monoisotopic (exact) mass is 434 g/mol. The summed E-state index contributed by atoms with van der Waals surface area (Å²) in [6, 6.07) is 16.0. The van der Waals surface area contributed by atoms with E-state index in [4.69, 9.17) is 9.15 Å². The molecule has 1 amide bonds. The van der Waals surface area contributed by atoms with Crippen molar-refractivity contribution < 1.29 is 13.9 Å². The quantitative estimate of drug-likeness (QED) is 0.595. The van der Waals surface area contributed by atoms with Crippen molar-refractivity contribution in [2.75, 3.05) is 13.1 Å². The van der Waals surface area contributed by atoms with Crippen LogP contribution in [0.1, 0.15) is 36.5 Å². The van der Waals surface area contributed by atoms with E-state index in [2.05, 4.69) is 34.5 Å². The maximum atomic E-state index is 12.7. The van der Waals surface area contributed by atoms with Crippen LogP contribution in [0.3, 0.4) is 0 Å². The molecule has 0 saturated carbocycles. The average Bonchev–Trinajstić information content (AvgIpc) is 2.79. The molecular weight excluding hydrogens is 404 g/mol. The van der Waals surface area contributed by atoms with E-state index in [1.165, 1.54) is 5.56 Å². The molecule has 1 aliphatic rings. The van der Waals surface area contributed by atoms with Crippen molar-refractivity contribution in [3.63, 3.8) is 0 Å². The molecule has 0 radical (unpaired) electrons. The second-order valence-electron chi connectivity index (χ2n) is 8.60. The van der Waals surface area contributed by atoms with E-state index >= 15 is 0 Å². The zero-order valence-electron chi connectivity index (χ0n) is 18.9. The molecule has 0 unspecified atom stereocenters. The Kier molecular flexibility index (Phi) is 6.61. The fraction of sp³-hybridized carbons (Fsp3) is 0.385.